The zero-order chi connectivity index (χ0) is 18.4. The topological polar surface area (TPSA) is 63.0 Å². The molecule has 3 rings (SSSR count). The summed E-state index contributed by atoms with van der Waals surface area (Å²) >= 11 is 3.48. The van der Waals surface area contributed by atoms with E-state index in [2.05, 4.69) is 36.5 Å². The van der Waals surface area contributed by atoms with Crippen LogP contribution in [0, 0.1) is 0 Å². The summed E-state index contributed by atoms with van der Waals surface area (Å²) in [5.41, 5.74) is 2.91. The summed E-state index contributed by atoms with van der Waals surface area (Å²) in [4.78, 5) is 9.26. The summed E-state index contributed by atoms with van der Waals surface area (Å²) in [5.74, 6) is 1.59. The molecule has 8 heteroatoms. The number of rotatable bonds is 6. The van der Waals surface area contributed by atoms with Crippen molar-refractivity contribution in [3.05, 3.63) is 64.5 Å². The number of guanidine groups is 1. The average molecular weight is 544 g/mol. The van der Waals surface area contributed by atoms with Gasteiger partial charge in [0, 0.05) is 29.0 Å². The number of para-hydroxylation sites is 1. The number of benzene rings is 1. The highest BCUT2D eigenvalue weighted by Gasteiger charge is 2.05. The molecule has 1 aromatic carbocycles. The third-order valence-electron chi connectivity index (χ3n) is 3.85. The van der Waals surface area contributed by atoms with Crippen molar-refractivity contribution in [3.63, 3.8) is 0 Å². The third-order valence-corrected chi connectivity index (χ3v) is 4.32. The molecule has 0 fully saturated rings. The average Bonchev–Trinajstić information content (AvgIpc) is 3.06. The monoisotopic (exact) mass is 543 g/mol. The van der Waals surface area contributed by atoms with E-state index in [4.69, 9.17) is 4.74 Å². The molecule has 6 nitrogen and oxygen atoms in total. The van der Waals surface area contributed by atoms with Crippen LogP contribution in [0.3, 0.4) is 0 Å². The smallest absolute Gasteiger partial charge is 0.191 e. The van der Waals surface area contributed by atoms with Crippen LogP contribution in [0.5, 0.6) is 5.75 Å². The van der Waals surface area contributed by atoms with Crippen molar-refractivity contribution in [1.82, 2.24) is 20.0 Å². The molecular weight excluding hydrogens is 521 g/mol. The van der Waals surface area contributed by atoms with Crippen LogP contribution in [0.15, 0.2) is 58.3 Å². The predicted molar refractivity (Wildman–Crippen MR) is 123 cm³/mol. The van der Waals surface area contributed by atoms with Crippen LogP contribution in [0.4, 0.5) is 0 Å². The van der Waals surface area contributed by atoms with Gasteiger partial charge in [0.05, 0.1) is 25.9 Å². The molecule has 2 heterocycles. The Morgan fingerprint density at radius 1 is 1.19 bits per heavy atom. The standard InChI is InChI=1S/C19H22BrN5O.HI/c1-3-21-19(22-10-14-6-4-5-7-17(14)26-2)23-11-16-13-25-12-15(20)8-9-18(25)24-16;/h4-9,12-13H,3,10-11H2,1-2H3,(H2,21,22,23);1H. The Bertz CT molecular complexity index is 912. The lowest BCUT2D eigenvalue weighted by Crippen LogP contribution is -2.36. The SMILES string of the molecule is CCNC(=NCc1ccccc1OC)NCc1cn2cc(Br)ccc2n1.I. The first-order valence-corrected chi connectivity index (χ1v) is 9.26. The van der Waals surface area contributed by atoms with Crippen molar-refractivity contribution >= 4 is 51.5 Å². The maximum Gasteiger partial charge on any atom is 0.191 e. The van der Waals surface area contributed by atoms with Gasteiger partial charge in [-0.3, -0.25) is 0 Å². The summed E-state index contributed by atoms with van der Waals surface area (Å²) in [6.45, 7) is 3.97. The van der Waals surface area contributed by atoms with Crippen LogP contribution in [-0.4, -0.2) is 29.0 Å². The molecule has 0 aliphatic carbocycles. The zero-order valence-electron chi connectivity index (χ0n) is 15.3. The van der Waals surface area contributed by atoms with Crippen molar-refractivity contribution in [2.75, 3.05) is 13.7 Å². The van der Waals surface area contributed by atoms with E-state index >= 15 is 0 Å². The van der Waals surface area contributed by atoms with Gasteiger partial charge in [-0.1, -0.05) is 18.2 Å². The number of methoxy groups -OCH3 is 1. The molecule has 0 atom stereocenters. The Balaban J connectivity index is 0.00000261. The van der Waals surface area contributed by atoms with Crippen molar-refractivity contribution in [2.45, 2.75) is 20.0 Å². The minimum absolute atomic E-state index is 0. The number of fused-ring (bicyclic) bond motifs is 1. The van der Waals surface area contributed by atoms with Gasteiger partial charge in [-0.05, 0) is 41.1 Å². The largest absolute Gasteiger partial charge is 0.496 e. The van der Waals surface area contributed by atoms with E-state index < -0.39 is 0 Å². The molecule has 0 bridgehead atoms. The molecule has 0 unspecified atom stereocenters. The minimum atomic E-state index is 0. The lowest BCUT2D eigenvalue weighted by molar-refractivity contribution is 0.410. The summed E-state index contributed by atoms with van der Waals surface area (Å²) in [5, 5.41) is 6.59. The molecule has 0 amide bonds. The van der Waals surface area contributed by atoms with Gasteiger partial charge in [-0.2, -0.15) is 0 Å². The summed E-state index contributed by atoms with van der Waals surface area (Å²) in [6, 6.07) is 11.9. The molecule has 3 aromatic rings. The van der Waals surface area contributed by atoms with Gasteiger partial charge in [-0.15, -0.1) is 24.0 Å². The van der Waals surface area contributed by atoms with Gasteiger partial charge in [0.1, 0.15) is 11.4 Å². The second kappa shape index (κ2) is 10.5. The van der Waals surface area contributed by atoms with E-state index in [0.717, 1.165) is 39.6 Å². The molecule has 144 valence electrons. The van der Waals surface area contributed by atoms with Crippen molar-refractivity contribution in [3.8, 4) is 5.75 Å². The Morgan fingerprint density at radius 3 is 2.78 bits per heavy atom. The molecule has 0 spiro atoms. The number of aliphatic imine (C=N–C) groups is 1. The van der Waals surface area contributed by atoms with E-state index in [1.807, 2.05) is 60.1 Å². The number of halogens is 2. The zero-order valence-corrected chi connectivity index (χ0v) is 19.2. The minimum Gasteiger partial charge on any atom is -0.496 e. The number of nitrogens with zero attached hydrogens (tertiary/aromatic N) is 3. The Morgan fingerprint density at radius 2 is 2.00 bits per heavy atom. The number of nitrogens with one attached hydrogen (secondary N) is 2. The number of aromatic nitrogens is 2. The predicted octanol–water partition coefficient (Wildman–Crippen LogP) is 3.98. The fourth-order valence-corrected chi connectivity index (χ4v) is 2.97. The van der Waals surface area contributed by atoms with E-state index in [1.165, 1.54) is 0 Å². The molecule has 0 aliphatic heterocycles. The summed E-state index contributed by atoms with van der Waals surface area (Å²) in [7, 11) is 1.67. The third kappa shape index (κ3) is 5.83. The summed E-state index contributed by atoms with van der Waals surface area (Å²) in [6.07, 6.45) is 4.00. The van der Waals surface area contributed by atoms with Crippen LogP contribution in [0.1, 0.15) is 18.2 Å². The number of imidazole rings is 1. The van der Waals surface area contributed by atoms with Gasteiger partial charge < -0.3 is 19.8 Å². The first kappa shape index (κ1) is 21.5. The van der Waals surface area contributed by atoms with E-state index in [1.54, 1.807) is 7.11 Å². The quantitative estimate of drug-likeness (QED) is 0.280. The molecule has 0 radical (unpaired) electrons. The molecule has 27 heavy (non-hydrogen) atoms. The van der Waals surface area contributed by atoms with Gasteiger partial charge in [0.15, 0.2) is 5.96 Å². The number of ether oxygens (including phenoxy) is 1. The van der Waals surface area contributed by atoms with Crippen molar-refractivity contribution < 1.29 is 4.74 Å². The Labute approximate surface area is 184 Å². The van der Waals surface area contributed by atoms with Crippen molar-refractivity contribution in [2.24, 2.45) is 4.99 Å². The lowest BCUT2D eigenvalue weighted by Gasteiger charge is -2.11. The van der Waals surface area contributed by atoms with E-state index in [0.29, 0.717) is 13.1 Å². The highest BCUT2D eigenvalue weighted by atomic mass is 127. The molecular formula is C19H23BrIN5O. The highest BCUT2D eigenvalue weighted by molar-refractivity contribution is 14.0. The van der Waals surface area contributed by atoms with Gasteiger partial charge >= 0.3 is 0 Å². The highest BCUT2D eigenvalue weighted by Crippen LogP contribution is 2.18. The molecule has 0 saturated carbocycles. The number of hydrogen-bond acceptors (Lipinski definition) is 3. The molecule has 2 N–H and O–H groups in total. The van der Waals surface area contributed by atoms with Crippen molar-refractivity contribution in [1.29, 1.82) is 0 Å². The van der Waals surface area contributed by atoms with Crippen LogP contribution in [-0.2, 0) is 13.1 Å². The second-order valence-electron chi connectivity index (χ2n) is 5.71. The lowest BCUT2D eigenvalue weighted by atomic mass is 10.2. The van der Waals surface area contributed by atoms with Gasteiger partial charge in [0.25, 0.3) is 0 Å². The van der Waals surface area contributed by atoms with E-state index in [-0.39, 0.29) is 24.0 Å². The number of pyridine rings is 1. The maximum atomic E-state index is 5.38. The number of hydrogen-bond donors (Lipinski definition) is 2. The fraction of sp³-hybridized carbons (Fsp3) is 0.263. The molecule has 0 aliphatic rings. The maximum absolute atomic E-state index is 5.38. The normalized spacial score (nSPS) is 11.1. The Kier molecular flexibility index (Phi) is 8.36. The molecule has 0 saturated heterocycles. The first-order valence-electron chi connectivity index (χ1n) is 8.47. The van der Waals surface area contributed by atoms with Crippen LogP contribution in [0.25, 0.3) is 5.65 Å². The van der Waals surface area contributed by atoms with Crippen LogP contribution in [0.2, 0.25) is 0 Å². The Hall–Kier alpha value is -1.81. The second-order valence-corrected chi connectivity index (χ2v) is 6.62. The van der Waals surface area contributed by atoms with Crippen LogP contribution >= 0.6 is 39.9 Å². The van der Waals surface area contributed by atoms with Gasteiger partial charge in [0.2, 0.25) is 0 Å². The fourth-order valence-electron chi connectivity index (χ4n) is 2.62. The van der Waals surface area contributed by atoms with E-state index in [9.17, 15) is 0 Å². The van der Waals surface area contributed by atoms with Crippen LogP contribution < -0.4 is 15.4 Å². The first-order chi connectivity index (χ1) is 12.7. The molecule has 2 aromatic heterocycles. The van der Waals surface area contributed by atoms with Gasteiger partial charge in [-0.25, -0.2) is 9.98 Å². The summed E-state index contributed by atoms with van der Waals surface area (Å²) < 4.78 is 8.41.